The van der Waals surface area contributed by atoms with E-state index in [0.29, 0.717) is 25.4 Å². The van der Waals surface area contributed by atoms with Gasteiger partial charge in [-0.15, -0.1) is 0 Å². The molecule has 1 aromatic carbocycles. The molecule has 0 atom stereocenters. The molecule has 0 amide bonds. The number of pyridine rings is 1. The minimum atomic E-state index is 0.372. The summed E-state index contributed by atoms with van der Waals surface area (Å²) >= 11 is 0. The van der Waals surface area contributed by atoms with E-state index in [2.05, 4.69) is 21.8 Å². The fourth-order valence-corrected chi connectivity index (χ4v) is 3.05. The van der Waals surface area contributed by atoms with Crippen molar-refractivity contribution in [3.8, 4) is 5.75 Å². The molecular weight excluding hydrogens is 312 g/mol. The Balaban J connectivity index is 1.87. The van der Waals surface area contributed by atoms with Crippen LogP contribution >= 0.6 is 0 Å². The molecule has 5 heteroatoms. The molecule has 2 aromatic heterocycles. The maximum Gasteiger partial charge on any atom is 0.122 e. The van der Waals surface area contributed by atoms with Gasteiger partial charge in [-0.05, 0) is 31.5 Å². The van der Waals surface area contributed by atoms with Gasteiger partial charge in [0.25, 0.3) is 0 Å². The minimum Gasteiger partial charge on any atom is -0.507 e. The Hall–Kier alpha value is -2.66. The average molecular weight is 336 g/mol. The third kappa shape index (κ3) is 4.25. The van der Waals surface area contributed by atoms with Crippen molar-refractivity contribution >= 4 is 0 Å². The molecular formula is C20H24N4O. The van der Waals surface area contributed by atoms with Gasteiger partial charge in [0, 0.05) is 44.3 Å². The molecule has 0 spiro atoms. The van der Waals surface area contributed by atoms with E-state index < -0.39 is 0 Å². The van der Waals surface area contributed by atoms with Gasteiger partial charge < -0.3 is 9.67 Å². The van der Waals surface area contributed by atoms with Crippen LogP contribution in [-0.2, 0) is 26.7 Å². The first-order valence-electron chi connectivity index (χ1n) is 8.40. The molecule has 0 aliphatic carbocycles. The van der Waals surface area contributed by atoms with Gasteiger partial charge in [-0.3, -0.25) is 9.88 Å². The molecule has 130 valence electrons. The summed E-state index contributed by atoms with van der Waals surface area (Å²) in [5.74, 6) is 1.36. The number of phenols is 1. The van der Waals surface area contributed by atoms with Gasteiger partial charge in [-0.25, -0.2) is 4.98 Å². The summed E-state index contributed by atoms with van der Waals surface area (Å²) in [6, 6.07) is 9.98. The smallest absolute Gasteiger partial charge is 0.122 e. The van der Waals surface area contributed by atoms with E-state index in [1.54, 1.807) is 0 Å². The second-order valence-electron chi connectivity index (χ2n) is 6.51. The monoisotopic (exact) mass is 336 g/mol. The van der Waals surface area contributed by atoms with Crippen LogP contribution in [0.3, 0.4) is 0 Å². The van der Waals surface area contributed by atoms with Crippen LogP contribution in [0.5, 0.6) is 5.75 Å². The zero-order valence-electron chi connectivity index (χ0n) is 15.0. The van der Waals surface area contributed by atoms with Crippen LogP contribution in [0.2, 0.25) is 0 Å². The number of aromatic hydroxyl groups is 1. The second kappa shape index (κ2) is 7.49. The second-order valence-corrected chi connectivity index (χ2v) is 6.51. The molecule has 5 nitrogen and oxygen atoms in total. The van der Waals surface area contributed by atoms with Crippen molar-refractivity contribution < 1.29 is 5.11 Å². The van der Waals surface area contributed by atoms with Crippen molar-refractivity contribution in [2.24, 2.45) is 7.05 Å². The molecule has 0 saturated carbocycles. The quantitative estimate of drug-likeness (QED) is 0.750. The molecule has 0 unspecified atom stereocenters. The van der Waals surface area contributed by atoms with Gasteiger partial charge in [0.2, 0.25) is 0 Å². The van der Waals surface area contributed by atoms with E-state index in [4.69, 9.17) is 0 Å². The predicted molar refractivity (Wildman–Crippen MR) is 98.0 cm³/mol. The minimum absolute atomic E-state index is 0.372. The topological polar surface area (TPSA) is 54.2 Å². The van der Waals surface area contributed by atoms with Crippen molar-refractivity contribution in [1.29, 1.82) is 0 Å². The average Bonchev–Trinajstić information content (AvgIpc) is 2.98. The van der Waals surface area contributed by atoms with Crippen LogP contribution in [0.1, 0.15) is 28.2 Å². The Kier molecular flexibility index (Phi) is 5.14. The first-order valence-corrected chi connectivity index (χ1v) is 8.40. The van der Waals surface area contributed by atoms with Crippen LogP contribution in [0, 0.1) is 13.8 Å². The van der Waals surface area contributed by atoms with Crippen molar-refractivity contribution in [2.75, 3.05) is 0 Å². The van der Waals surface area contributed by atoms with Crippen molar-refractivity contribution in [3.63, 3.8) is 0 Å². The SMILES string of the molecule is Cc1cc(C)c(O)c(CN(Cc2ccccn2)Cc2nccn2C)c1. The Bertz CT molecular complexity index is 842. The molecule has 0 radical (unpaired) electrons. The molecule has 25 heavy (non-hydrogen) atoms. The highest BCUT2D eigenvalue weighted by Crippen LogP contribution is 2.26. The van der Waals surface area contributed by atoms with Gasteiger partial charge in [-0.2, -0.15) is 0 Å². The molecule has 0 aliphatic rings. The molecule has 0 fully saturated rings. The molecule has 0 aliphatic heterocycles. The molecule has 0 saturated heterocycles. The van der Waals surface area contributed by atoms with Crippen LogP contribution in [0.25, 0.3) is 0 Å². The summed E-state index contributed by atoms with van der Waals surface area (Å²) in [5.41, 5.74) is 3.99. The fraction of sp³-hybridized carbons (Fsp3) is 0.300. The number of hydrogen-bond donors (Lipinski definition) is 1. The van der Waals surface area contributed by atoms with E-state index in [9.17, 15) is 5.11 Å². The first-order chi connectivity index (χ1) is 12.0. The third-order valence-electron chi connectivity index (χ3n) is 4.32. The number of aromatic nitrogens is 3. The van der Waals surface area contributed by atoms with Crippen molar-refractivity contribution in [2.45, 2.75) is 33.5 Å². The largest absolute Gasteiger partial charge is 0.507 e. The molecule has 1 N–H and O–H groups in total. The summed E-state index contributed by atoms with van der Waals surface area (Å²) in [6.07, 6.45) is 5.56. The Morgan fingerprint density at radius 2 is 1.88 bits per heavy atom. The number of benzene rings is 1. The van der Waals surface area contributed by atoms with Crippen molar-refractivity contribution in [1.82, 2.24) is 19.4 Å². The summed E-state index contributed by atoms with van der Waals surface area (Å²) < 4.78 is 2.02. The highest BCUT2D eigenvalue weighted by Gasteiger charge is 2.15. The van der Waals surface area contributed by atoms with Gasteiger partial charge in [0.15, 0.2) is 0 Å². The van der Waals surface area contributed by atoms with Crippen LogP contribution in [-0.4, -0.2) is 24.5 Å². The normalized spacial score (nSPS) is 11.2. The van der Waals surface area contributed by atoms with Gasteiger partial charge in [0.1, 0.15) is 11.6 Å². The van der Waals surface area contributed by atoms with Gasteiger partial charge in [-0.1, -0.05) is 23.8 Å². The lowest BCUT2D eigenvalue weighted by molar-refractivity contribution is 0.233. The Morgan fingerprint density at radius 3 is 2.56 bits per heavy atom. The van der Waals surface area contributed by atoms with Gasteiger partial charge in [0.05, 0.1) is 12.2 Å². The van der Waals surface area contributed by atoms with Crippen LogP contribution in [0.15, 0.2) is 48.9 Å². The summed E-state index contributed by atoms with van der Waals surface area (Å²) in [4.78, 5) is 11.1. The standard InChI is InChI=1S/C20H24N4O/c1-15-10-16(2)20(25)17(11-15)12-24(13-18-6-4-5-7-21-18)14-19-22-8-9-23(19)3/h4-11,25H,12-14H2,1-3H3. The zero-order valence-corrected chi connectivity index (χ0v) is 15.0. The first kappa shape index (κ1) is 17.2. The maximum atomic E-state index is 10.5. The van der Waals surface area contributed by atoms with E-state index in [-0.39, 0.29) is 0 Å². The molecule has 2 heterocycles. The predicted octanol–water partition coefficient (Wildman–Crippen LogP) is 3.34. The number of phenolic OH excluding ortho intramolecular Hbond substituents is 1. The summed E-state index contributed by atoms with van der Waals surface area (Å²) in [7, 11) is 2.00. The van der Waals surface area contributed by atoms with Crippen LogP contribution < -0.4 is 0 Å². The van der Waals surface area contributed by atoms with E-state index in [1.807, 2.05) is 67.5 Å². The molecule has 3 rings (SSSR count). The molecule has 0 bridgehead atoms. The van der Waals surface area contributed by atoms with E-state index in [1.165, 1.54) is 0 Å². The van der Waals surface area contributed by atoms with E-state index in [0.717, 1.165) is 28.2 Å². The van der Waals surface area contributed by atoms with E-state index >= 15 is 0 Å². The summed E-state index contributed by atoms with van der Waals surface area (Å²) in [5, 5.41) is 10.5. The molecule has 3 aromatic rings. The highest BCUT2D eigenvalue weighted by atomic mass is 16.3. The zero-order chi connectivity index (χ0) is 17.8. The lowest BCUT2D eigenvalue weighted by Crippen LogP contribution is -2.24. The number of hydrogen-bond acceptors (Lipinski definition) is 4. The lowest BCUT2D eigenvalue weighted by atomic mass is 10.0. The number of imidazole rings is 1. The van der Waals surface area contributed by atoms with Crippen molar-refractivity contribution in [3.05, 3.63) is 77.1 Å². The highest BCUT2D eigenvalue weighted by molar-refractivity contribution is 5.42. The summed E-state index contributed by atoms with van der Waals surface area (Å²) in [6.45, 7) is 6.01. The maximum absolute atomic E-state index is 10.5. The van der Waals surface area contributed by atoms with Crippen LogP contribution in [0.4, 0.5) is 0 Å². The Morgan fingerprint density at radius 1 is 1.04 bits per heavy atom. The fourth-order valence-electron chi connectivity index (χ4n) is 3.05. The number of rotatable bonds is 6. The van der Waals surface area contributed by atoms with Gasteiger partial charge >= 0.3 is 0 Å². The Labute approximate surface area is 148 Å². The number of nitrogens with zero attached hydrogens (tertiary/aromatic N) is 4. The third-order valence-corrected chi connectivity index (χ3v) is 4.32. The number of aryl methyl sites for hydroxylation is 3. The lowest BCUT2D eigenvalue weighted by Gasteiger charge is -2.23.